The largest absolute Gasteiger partial charge is 0.299 e. The van der Waals surface area contributed by atoms with E-state index in [1.807, 2.05) is 18.2 Å². The summed E-state index contributed by atoms with van der Waals surface area (Å²) >= 11 is 0. The number of benzene rings is 1. The zero-order valence-electron chi connectivity index (χ0n) is 8.20. The summed E-state index contributed by atoms with van der Waals surface area (Å²) in [6, 6.07) is 9.08. The molecule has 0 N–H and O–H groups in total. The van der Waals surface area contributed by atoms with Crippen LogP contribution in [0, 0.1) is 0 Å². The lowest BCUT2D eigenvalue weighted by Gasteiger charge is -2.10. The van der Waals surface area contributed by atoms with Crippen molar-refractivity contribution in [1.82, 2.24) is 0 Å². The first-order valence-corrected chi connectivity index (χ1v) is 4.69. The molecule has 0 aliphatic heterocycles. The Morgan fingerprint density at radius 3 is 2.47 bits per heavy atom. The predicted molar refractivity (Wildman–Crippen MR) is 54.9 cm³/mol. The fourth-order valence-corrected chi connectivity index (χ4v) is 1.22. The lowest BCUT2D eigenvalue weighted by molar-refractivity contribution is -0.104. The summed E-state index contributed by atoms with van der Waals surface area (Å²) in [4.78, 5) is 9.91. The summed E-state index contributed by atoms with van der Waals surface area (Å²) in [5.74, 6) is -2.91. The van der Waals surface area contributed by atoms with Crippen LogP contribution in [0.15, 0.2) is 42.5 Å². The third kappa shape index (κ3) is 4.49. The highest BCUT2D eigenvalue weighted by molar-refractivity contribution is 5.64. The van der Waals surface area contributed by atoms with E-state index in [1.54, 1.807) is 12.1 Å². The van der Waals surface area contributed by atoms with Crippen molar-refractivity contribution >= 4 is 6.29 Å². The lowest BCUT2D eigenvalue weighted by atomic mass is 10.1. The first-order valence-electron chi connectivity index (χ1n) is 4.69. The van der Waals surface area contributed by atoms with Gasteiger partial charge in [-0.1, -0.05) is 30.3 Å². The molecular formula is C12H12F2O. The second-order valence-electron chi connectivity index (χ2n) is 3.24. The van der Waals surface area contributed by atoms with Crippen molar-refractivity contribution in [2.24, 2.45) is 0 Å². The average molecular weight is 210 g/mol. The molecule has 3 heteroatoms. The quantitative estimate of drug-likeness (QED) is 0.539. The van der Waals surface area contributed by atoms with Gasteiger partial charge in [0.05, 0.1) is 0 Å². The topological polar surface area (TPSA) is 17.1 Å². The van der Waals surface area contributed by atoms with Crippen molar-refractivity contribution in [1.29, 1.82) is 0 Å². The molecule has 0 aromatic heterocycles. The van der Waals surface area contributed by atoms with Gasteiger partial charge in [0.2, 0.25) is 0 Å². The van der Waals surface area contributed by atoms with E-state index in [-0.39, 0.29) is 6.42 Å². The van der Waals surface area contributed by atoms with Crippen LogP contribution in [0.25, 0.3) is 0 Å². The maximum absolute atomic E-state index is 13.1. The van der Waals surface area contributed by atoms with Gasteiger partial charge >= 0.3 is 0 Å². The number of carbonyl (C=O) groups is 1. The number of carbonyl (C=O) groups excluding carboxylic acids is 1. The van der Waals surface area contributed by atoms with Crippen molar-refractivity contribution in [2.45, 2.75) is 18.8 Å². The summed E-state index contributed by atoms with van der Waals surface area (Å²) in [6.45, 7) is 0. The number of halogens is 2. The molecule has 0 spiro atoms. The van der Waals surface area contributed by atoms with E-state index in [9.17, 15) is 13.6 Å². The molecule has 0 heterocycles. The number of rotatable bonds is 5. The molecule has 80 valence electrons. The van der Waals surface area contributed by atoms with Crippen LogP contribution in [-0.2, 0) is 11.2 Å². The molecule has 0 aliphatic rings. The summed E-state index contributed by atoms with van der Waals surface area (Å²) in [5, 5.41) is 0. The molecule has 0 radical (unpaired) electrons. The molecule has 0 saturated carbocycles. The number of alkyl halides is 2. The molecule has 0 bridgehead atoms. The summed E-state index contributed by atoms with van der Waals surface area (Å²) in [7, 11) is 0. The van der Waals surface area contributed by atoms with Gasteiger partial charge in [0.25, 0.3) is 5.92 Å². The minimum Gasteiger partial charge on any atom is -0.299 e. The molecule has 0 aliphatic carbocycles. The minimum atomic E-state index is -2.91. The third-order valence-electron chi connectivity index (χ3n) is 2.01. The Labute approximate surface area is 87.4 Å². The predicted octanol–water partition coefficient (Wildman–Crippen LogP) is 3.01. The highest BCUT2D eigenvalue weighted by Crippen LogP contribution is 2.22. The molecule has 0 fully saturated rings. The van der Waals surface area contributed by atoms with Gasteiger partial charge in [-0.15, -0.1) is 0 Å². The number of hydrogen-bond acceptors (Lipinski definition) is 1. The first kappa shape index (κ1) is 11.6. The number of aldehydes is 1. The molecule has 0 unspecified atom stereocenters. The van der Waals surface area contributed by atoms with Gasteiger partial charge in [-0.3, -0.25) is 4.79 Å². The summed E-state index contributed by atoms with van der Waals surface area (Å²) in [5.41, 5.74) is 0.872. The fourth-order valence-electron chi connectivity index (χ4n) is 1.22. The normalized spacial score (nSPS) is 11.9. The summed E-state index contributed by atoms with van der Waals surface area (Å²) in [6.07, 6.45) is 1.86. The van der Waals surface area contributed by atoms with Gasteiger partial charge < -0.3 is 0 Å². The smallest absolute Gasteiger partial charge is 0.267 e. The van der Waals surface area contributed by atoms with Gasteiger partial charge in [0.15, 0.2) is 0 Å². The van der Waals surface area contributed by atoms with Crippen LogP contribution in [0.2, 0.25) is 0 Å². The second-order valence-corrected chi connectivity index (χ2v) is 3.24. The Balaban J connectivity index is 2.49. The monoisotopic (exact) mass is 210 g/mol. The Morgan fingerprint density at radius 2 is 1.87 bits per heavy atom. The van der Waals surface area contributed by atoms with Crippen molar-refractivity contribution in [3.05, 3.63) is 48.0 Å². The highest BCUT2D eigenvalue weighted by Gasteiger charge is 2.23. The molecule has 1 rings (SSSR count). The highest BCUT2D eigenvalue weighted by atomic mass is 19.3. The molecule has 0 saturated heterocycles. The van der Waals surface area contributed by atoms with E-state index in [4.69, 9.17) is 0 Å². The van der Waals surface area contributed by atoms with Gasteiger partial charge in [0.1, 0.15) is 6.29 Å². The van der Waals surface area contributed by atoms with E-state index in [0.29, 0.717) is 18.8 Å². The van der Waals surface area contributed by atoms with Crippen LogP contribution < -0.4 is 0 Å². The Kier molecular flexibility index (Phi) is 4.16. The van der Waals surface area contributed by atoms with Crippen molar-refractivity contribution in [3.63, 3.8) is 0 Å². The van der Waals surface area contributed by atoms with Crippen molar-refractivity contribution in [3.8, 4) is 0 Å². The Morgan fingerprint density at radius 1 is 1.20 bits per heavy atom. The van der Waals surface area contributed by atoms with E-state index in [0.717, 1.165) is 11.6 Å². The third-order valence-corrected chi connectivity index (χ3v) is 2.01. The van der Waals surface area contributed by atoms with Gasteiger partial charge in [-0.25, -0.2) is 8.78 Å². The number of hydrogen-bond donors (Lipinski definition) is 0. The molecule has 0 amide bonds. The Hall–Kier alpha value is -1.51. The van der Waals surface area contributed by atoms with Crippen LogP contribution in [0.1, 0.15) is 12.0 Å². The summed E-state index contributed by atoms with van der Waals surface area (Å²) < 4.78 is 26.1. The van der Waals surface area contributed by atoms with E-state index in [1.165, 1.54) is 0 Å². The van der Waals surface area contributed by atoms with E-state index in [2.05, 4.69) is 0 Å². The Bertz CT molecular complexity index is 331. The first-order chi connectivity index (χ1) is 7.14. The zero-order valence-corrected chi connectivity index (χ0v) is 8.20. The van der Waals surface area contributed by atoms with Gasteiger partial charge in [0, 0.05) is 6.42 Å². The van der Waals surface area contributed by atoms with Crippen LogP contribution in [0.5, 0.6) is 0 Å². The van der Waals surface area contributed by atoms with E-state index >= 15 is 0 Å². The van der Waals surface area contributed by atoms with Gasteiger partial charge in [-0.05, 0) is 24.1 Å². The SMILES string of the molecule is O=C/C=C/C(F)(F)CCc1ccccc1. The van der Waals surface area contributed by atoms with Crippen LogP contribution in [0.4, 0.5) is 8.78 Å². The van der Waals surface area contributed by atoms with Crippen LogP contribution >= 0.6 is 0 Å². The van der Waals surface area contributed by atoms with Crippen LogP contribution in [0.3, 0.4) is 0 Å². The molecule has 0 atom stereocenters. The molecule has 1 nitrogen and oxygen atoms in total. The maximum Gasteiger partial charge on any atom is 0.267 e. The molecule has 1 aromatic rings. The molecule has 1 aromatic carbocycles. The fraction of sp³-hybridized carbons (Fsp3) is 0.250. The molecular weight excluding hydrogens is 198 g/mol. The molecule has 15 heavy (non-hydrogen) atoms. The number of aryl methyl sites for hydroxylation is 1. The second kappa shape index (κ2) is 5.39. The number of allylic oxidation sites excluding steroid dienone is 2. The van der Waals surface area contributed by atoms with Gasteiger partial charge in [-0.2, -0.15) is 0 Å². The van der Waals surface area contributed by atoms with E-state index < -0.39 is 5.92 Å². The van der Waals surface area contributed by atoms with Crippen LogP contribution in [-0.4, -0.2) is 12.2 Å². The minimum absolute atomic E-state index is 0.276. The zero-order chi connectivity index (χ0) is 11.1. The lowest BCUT2D eigenvalue weighted by Crippen LogP contribution is -2.13. The van der Waals surface area contributed by atoms with Crippen molar-refractivity contribution in [2.75, 3.05) is 0 Å². The average Bonchev–Trinajstić information content (AvgIpc) is 2.25. The van der Waals surface area contributed by atoms with Crippen molar-refractivity contribution < 1.29 is 13.6 Å². The maximum atomic E-state index is 13.1. The standard InChI is InChI=1S/C12H12F2O/c13-12(14,8-4-10-15)9-7-11-5-2-1-3-6-11/h1-6,8,10H,7,9H2/b8-4+.